The number of anilines is 2. The van der Waals surface area contributed by atoms with E-state index in [1.165, 1.54) is 12.4 Å². The second-order valence-electron chi connectivity index (χ2n) is 6.11. The molecule has 1 unspecified atom stereocenters. The van der Waals surface area contributed by atoms with Gasteiger partial charge >= 0.3 is 0 Å². The Morgan fingerprint density at radius 1 is 1.46 bits per heavy atom. The van der Waals surface area contributed by atoms with E-state index in [4.69, 9.17) is 11.1 Å². The zero-order chi connectivity index (χ0) is 18.7. The van der Waals surface area contributed by atoms with E-state index in [-0.39, 0.29) is 28.7 Å². The van der Waals surface area contributed by atoms with Crippen LogP contribution in [0.25, 0.3) is 0 Å². The van der Waals surface area contributed by atoms with Gasteiger partial charge in [0.2, 0.25) is 6.41 Å². The third-order valence-corrected chi connectivity index (χ3v) is 4.30. The molecule has 5 N–H and O–H groups in total. The molecule has 9 heteroatoms. The van der Waals surface area contributed by atoms with Gasteiger partial charge in [0.25, 0.3) is 0 Å². The van der Waals surface area contributed by atoms with Crippen molar-refractivity contribution in [2.24, 2.45) is 0 Å². The van der Waals surface area contributed by atoms with Gasteiger partial charge in [0.15, 0.2) is 11.6 Å². The molecule has 0 aliphatic carbocycles. The van der Waals surface area contributed by atoms with Crippen LogP contribution in [0.4, 0.5) is 16.0 Å². The standard InChI is InChI=1S/C17H19FN6O2/c18-12-4-3-10(6-13(12)26)15(19)14-16(20)21-8-22-17(14)23-11-2-1-5-24(7-11)9-25/h3-4,6,8-9,11,19,26H,1-2,5,7H2,(H3,20,21,22,23). The lowest BCUT2D eigenvalue weighted by atomic mass is 10.0. The van der Waals surface area contributed by atoms with Crippen molar-refractivity contribution in [3.63, 3.8) is 0 Å². The van der Waals surface area contributed by atoms with Crippen molar-refractivity contribution < 1.29 is 14.3 Å². The Labute approximate surface area is 149 Å². The molecule has 3 rings (SSSR count). The lowest BCUT2D eigenvalue weighted by molar-refractivity contribution is -0.119. The average molecular weight is 358 g/mol. The first kappa shape index (κ1) is 17.6. The molecule has 136 valence electrons. The molecule has 1 aromatic carbocycles. The molecule has 26 heavy (non-hydrogen) atoms. The number of likely N-dealkylation sites (tertiary alicyclic amines) is 1. The smallest absolute Gasteiger partial charge is 0.209 e. The van der Waals surface area contributed by atoms with Crippen molar-refractivity contribution in [3.05, 3.63) is 41.5 Å². The van der Waals surface area contributed by atoms with E-state index in [1.54, 1.807) is 4.90 Å². The molecule has 2 heterocycles. The molecule has 0 radical (unpaired) electrons. The third kappa shape index (κ3) is 3.56. The SMILES string of the molecule is N=C(c1ccc(F)c(O)c1)c1c(N)ncnc1NC1CCCN(C=O)C1. The Kier molecular flexibility index (Phi) is 4.97. The minimum Gasteiger partial charge on any atom is -0.505 e. The number of nitrogens with one attached hydrogen (secondary N) is 2. The maximum absolute atomic E-state index is 13.3. The highest BCUT2D eigenvalue weighted by molar-refractivity contribution is 6.16. The lowest BCUT2D eigenvalue weighted by Crippen LogP contribution is -2.41. The molecule has 1 saturated heterocycles. The molecular weight excluding hydrogens is 339 g/mol. The van der Waals surface area contributed by atoms with Crippen molar-refractivity contribution in [1.29, 1.82) is 5.41 Å². The largest absolute Gasteiger partial charge is 0.505 e. The Balaban J connectivity index is 1.90. The van der Waals surface area contributed by atoms with Gasteiger partial charge in [-0.2, -0.15) is 0 Å². The summed E-state index contributed by atoms with van der Waals surface area (Å²) in [4.78, 5) is 20.8. The van der Waals surface area contributed by atoms with E-state index in [2.05, 4.69) is 15.3 Å². The molecule has 1 aromatic heterocycles. The van der Waals surface area contributed by atoms with Crippen molar-refractivity contribution in [3.8, 4) is 5.75 Å². The molecule has 1 amide bonds. The van der Waals surface area contributed by atoms with Gasteiger partial charge in [0, 0.05) is 24.7 Å². The van der Waals surface area contributed by atoms with Gasteiger partial charge in [0.05, 0.1) is 11.3 Å². The van der Waals surface area contributed by atoms with Crippen molar-refractivity contribution >= 4 is 23.8 Å². The van der Waals surface area contributed by atoms with Crippen molar-refractivity contribution in [2.75, 3.05) is 24.1 Å². The van der Waals surface area contributed by atoms with Crippen LogP contribution < -0.4 is 11.1 Å². The van der Waals surface area contributed by atoms with Gasteiger partial charge in [-0.05, 0) is 31.0 Å². The van der Waals surface area contributed by atoms with Crippen molar-refractivity contribution in [2.45, 2.75) is 18.9 Å². The molecule has 1 aliphatic heterocycles. The minimum absolute atomic E-state index is 0.0311. The lowest BCUT2D eigenvalue weighted by Gasteiger charge is -2.31. The number of aromatic nitrogens is 2. The number of halogens is 1. The summed E-state index contributed by atoms with van der Waals surface area (Å²) in [7, 11) is 0. The number of amides is 1. The maximum atomic E-state index is 13.3. The Hall–Kier alpha value is -3.23. The monoisotopic (exact) mass is 358 g/mol. The quantitative estimate of drug-likeness (QED) is 0.472. The number of piperidine rings is 1. The highest BCUT2D eigenvalue weighted by Gasteiger charge is 2.23. The summed E-state index contributed by atoms with van der Waals surface area (Å²) in [5.74, 6) is -0.858. The van der Waals surface area contributed by atoms with E-state index < -0.39 is 11.6 Å². The number of nitrogens with zero attached hydrogens (tertiary/aromatic N) is 3. The second-order valence-corrected chi connectivity index (χ2v) is 6.11. The number of hydrogen-bond acceptors (Lipinski definition) is 7. The first-order valence-electron chi connectivity index (χ1n) is 8.13. The van der Waals surface area contributed by atoms with Gasteiger partial charge < -0.3 is 21.1 Å². The van der Waals surface area contributed by atoms with Gasteiger partial charge in [-0.1, -0.05) is 0 Å². The minimum atomic E-state index is -0.770. The Bertz CT molecular complexity index is 844. The Morgan fingerprint density at radius 2 is 2.27 bits per heavy atom. The van der Waals surface area contributed by atoms with Gasteiger partial charge in [0.1, 0.15) is 18.0 Å². The number of nitrogens with two attached hydrogens (primary N) is 1. The highest BCUT2D eigenvalue weighted by Crippen LogP contribution is 2.26. The predicted molar refractivity (Wildman–Crippen MR) is 94.7 cm³/mol. The summed E-state index contributed by atoms with van der Waals surface area (Å²) in [5, 5.41) is 21.2. The van der Waals surface area contributed by atoms with E-state index in [0.29, 0.717) is 18.9 Å². The summed E-state index contributed by atoms with van der Waals surface area (Å²) in [6, 6.07) is 3.58. The predicted octanol–water partition coefficient (Wildman–Crippen LogP) is 1.35. The number of carbonyl (C=O) groups is 1. The van der Waals surface area contributed by atoms with Crippen LogP contribution in [-0.4, -0.2) is 51.2 Å². The van der Waals surface area contributed by atoms with Gasteiger partial charge in [-0.25, -0.2) is 14.4 Å². The van der Waals surface area contributed by atoms with Crippen LogP contribution in [0.2, 0.25) is 0 Å². The average Bonchev–Trinajstić information content (AvgIpc) is 2.64. The van der Waals surface area contributed by atoms with Crippen LogP contribution in [0.5, 0.6) is 5.75 Å². The molecule has 1 aliphatic rings. The zero-order valence-corrected chi connectivity index (χ0v) is 13.9. The van der Waals surface area contributed by atoms with E-state index >= 15 is 0 Å². The molecule has 2 aromatic rings. The van der Waals surface area contributed by atoms with Crippen LogP contribution in [0.3, 0.4) is 0 Å². The number of aromatic hydroxyl groups is 1. The molecule has 1 atom stereocenters. The number of carbonyl (C=O) groups excluding carboxylic acids is 1. The van der Waals surface area contributed by atoms with Crippen molar-refractivity contribution in [1.82, 2.24) is 14.9 Å². The fraction of sp³-hybridized carbons (Fsp3) is 0.294. The molecule has 1 fully saturated rings. The zero-order valence-electron chi connectivity index (χ0n) is 13.9. The molecule has 0 spiro atoms. The molecule has 0 bridgehead atoms. The number of hydrogen-bond donors (Lipinski definition) is 4. The summed E-state index contributed by atoms with van der Waals surface area (Å²) in [6.45, 7) is 1.24. The number of phenols is 1. The summed E-state index contributed by atoms with van der Waals surface area (Å²) >= 11 is 0. The topological polar surface area (TPSA) is 128 Å². The van der Waals surface area contributed by atoms with E-state index in [0.717, 1.165) is 31.4 Å². The summed E-state index contributed by atoms with van der Waals surface area (Å²) < 4.78 is 13.3. The molecular formula is C17H19FN6O2. The molecule has 8 nitrogen and oxygen atoms in total. The normalized spacial score (nSPS) is 17.0. The van der Waals surface area contributed by atoms with Crippen LogP contribution in [-0.2, 0) is 4.79 Å². The van der Waals surface area contributed by atoms with Crippen LogP contribution >= 0.6 is 0 Å². The fourth-order valence-corrected chi connectivity index (χ4v) is 2.98. The highest BCUT2D eigenvalue weighted by atomic mass is 19.1. The number of nitrogen functional groups attached to an aromatic ring is 1. The fourth-order valence-electron chi connectivity index (χ4n) is 2.98. The van der Waals surface area contributed by atoms with E-state index in [9.17, 15) is 14.3 Å². The Morgan fingerprint density at radius 3 is 3.00 bits per heavy atom. The first-order chi connectivity index (χ1) is 12.5. The number of rotatable bonds is 5. The van der Waals surface area contributed by atoms with Gasteiger partial charge in [-0.15, -0.1) is 0 Å². The van der Waals surface area contributed by atoms with E-state index in [1.807, 2.05) is 0 Å². The molecule has 0 saturated carbocycles. The number of benzene rings is 1. The summed E-state index contributed by atoms with van der Waals surface area (Å²) in [5.41, 5.74) is 6.46. The van der Waals surface area contributed by atoms with Crippen LogP contribution in [0, 0.1) is 11.2 Å². The van der Waals surface area contributed by atoms with Crippen LogP contribution in [0.1, 0.15) is 24.0 Å². The first-order valence-corrected chi connectivity index (χ1v) is 8.13. The summed E-state index contributed by atoms with van der Waals surface area (Å²) in [6.07, 6.45) is 3.80. The maximum Gasteiger partial charge on any atom is 0.209 e. The number of phenolic OH excluding ortho intramolecular Hbond substituents is 1. The third-order valence-electron chi connectivity index (χ3n) is 4.30. The van der Waals surface area contributed by atoms with Crippen LogP contribution in [0.15, 0.2) is 24.5 Å². The second kappa shape index (κ2) is 7.34. The van der Waals surface area contributed by atoms with Gasteiger partial charge in [-0.3, -0.25) is 10.2 Å².